The lowest BCUT2D eigenvalue weighted by molar-refractivity contribution is -0.384. The molecule has 2 atom stereocenters. The third-order valence-electron chi connectivity index (χ3n) is 4.92. The molecule has 10 heteroatoms. The van der Waals surface area contributed by atoms with Gasteiger partial charge < -0.3 is 19.3 Å². The van der Waals surface area contributed by atoms with Crippen molar-refractivity contribution in [3.8, 4) is 0 Å². The van der Waals surface area contributed by atoms with Crippen LogP contribution in [-0.2, 0) is 9.47 Å². The maximum atomic E-state index is 12.4. The Labute approximate surface area is 150 Å². The van der Waals surface area contributed by atoms with E-state index < -0.39 is 10.5 Å². The first-order valence-corrected chi connectivity index (χ1v) is 8.82. The van der Waals surface area contributed by atoms with Crippen molar-refractivity contribution in [3.63, 3.8) is 0 Å². The number of nitro groups is 1. The monoisotopic (exact) mass is 365 g/mol. The number of fused-ring (bicyclic) bond motifs is 1. The van der Waals surface area contributed by atoms with Crippen molar-refractivity contribution in [1.29, 1.82) is 0 Å². The van der Waals surface area contributed by atoms with E-state index in [1.165, 1.54) is 6.20 Å². The maximum absolute atomic E-state index is 12.4. The topological polar surface area (TPSA) is 103 Å². The lowest BCUT2D eigenvalue weighted by Gasteiger charge is -2.37. The standard InChI is InChI=1S/C16H23N5O5/c1-16(2,3)26-15(22)19-5-4-18(11-6-12(11)19)14-13(21(23)24)7-17-20(14)10-8-25-9-10/h7,10-12H,4-6,8-9H2,1-3H3. The molecule has 0 radical (unpaired) electrons. The van der Waals surface area contributed by atoms with Gasteiger partial charge in [-0.25, -0.2) is 9.48 Å². The molecule has 1 amide bonds. The maximum Gasteiger partial charge on any atom is 0.410 e. The van der Waals surface area contributed by atoms with E-state index in [0.29, 0.717) is 32.1 Å². The van der Waals surface area contributed by atoms with Gasteiger partial charge >= 0.3 is 11.8 Å². The number of carbonyl (C=O) groups is 1. The van der Waals surface area contributed by atoms with Crippen LogP contribution in [0.1, 0.15) is 33.2 Å². The average Bonchev–Trinajstić information content (AvgIpc) is 3.16. The quantitative estimate of drug-likeness (QED) is 0.591. The van der Waals surface area contributed by atoms with Gasteiger partial charge in [-0.15, -0.1) is 0 Å². The Balaban J connectivity index is 1.54. The number of rotatable bonds is 3. The summed E-state index contributed by atoms with van der Waals surface area (Å²) in [5.41, 5.74) is -0.534. The van der Waals surface area contributed by atoms with Crippen LogP contribution in [0, 0.1) is 10.1 Å². The molecular weight excluding hydrogens is 342 g/mol. The summed E-state index contributed by atoms with van der Waals surface area (Å²) < 4.78 is 12.4. The Morgan fingerprint density at radius 1 is 1.35 bits per heavy atom. The molecule has 2 saturated heterocycles. The van der Waals surface area contributed by atoms with Crippen molar-refractivity contribution in [1.82, 2.24) is 14.7 Å². The predicted molar refractivity (Wildman–Crippen MR) is 91.2 cm³/mol. The number of nitrogens with zero attached hydrogens (tertiary/aromatic N) is 5. The minimum Gasteiger partial charge on any atom is -0.444 e. The molecule has 142 valence electrons. The van der Waals surface area contributed by atoms with Crippen molar-refractivity contribution in [2.24, 2.45) is 0 Å². The zero-order valence-corrected chi connectivity index (χ0v) is 15.1. The summed E-state index contributed by atoms with van der Waals surface area (Å²) in [6, 6.07) is 0.116. The van der Waals surface area contributed by atoms with Crippen molar-refractivity contribution < 1.29 is 19.2 Å². The van der Waals surface area contributed by atoms with Gasteiger partial charge in [0.1, 0.15) is 17.8 Å². The second-order valence-corrected chi connectivity index (χ2v) is 7.98. The van der Waals surface area contributed by atoms with Gasteiger partial charge in [0.15, 0.2) is 0 Å². The fourth-order valence-electron chi connectivity index (χ4n) is 3.58. The molecule has 3 heterocycles. The summed E-state index contributed by atoms with van der Waals surface area (Å²) in [5, 5.41) is 15.7. The van der Waals surface area contributed by atoms with Crippen LogP contribution in [0.25, 0.3) is 0 Å². The average molecular weight is 365 g/mol. The highest BCUT2D eigenvalue weighted by molar-refractivity contribution is 5.71. The molecule has 3 aliphatic rings. The van der Waals surface area contributed by atoms with Crippen molar-refractivity contribution in [3.05, 3.63) is 16.3 Å². The number of ether oxygens (including phenoxy) is 2. The Morgan fingerprint density at radius 3 is 2.65 bits per heavy atom. The van der Waals surface area contributed by atoms with Gasteiger partial charge in [0, 0.05) is 13.1 Å². The lowest BCUT2D eigenvalue weighted by atomic mass is 10.2. The molecular formula is C16H23N5O5. The van der Waals surface area contributed by atoms with Crippen LogP contribution in [-0.4, -0.2) is 69.7 Å². The van der Waals surface area contributed by atoms with Crippen LogP contribution in [0.15, 0.2) is 6.20 Å². The zero-order valence-electron chi connectivity index (χ0n) is 15.1. The van der Waals surface area contributed by atoms with Gasteiger partial charge in [-0.05, 0) is 27.2 Å². The number of hydrogen-bond acceptors (Lipinski definition) is 7. The molecule has 0 aromatic carbocycles. The van der Waals surface area contributed by atoms with E-state index >= 15 is 0 Å². The number of anilines is 1. The molecule has 3 fully saturated rings. The molecule has 0 N–H and O–H groups in total. The van der Waals surface area contributed by atoms with Crippen LogP contribution in [0.2, 0.25) is 0 Å². The van der Waals surface area contributed by atoms with Gasteiger partial charge in [0.25, 0.3) is 0 Å². The normalized spacial score (nSPS) is 25.5. The first-order valence-electron chi connectivity index (χ1n) is 8.82. The van der Waals surface area contributed by atoms with Gasteiger partial charge in [0.05, 0.1) is 30.2 Å². The van der Waals surface area contributed by atoms with Gasteiger partial charge in [0.2, 0.25) is 5.82 Å². The van der Waals surface area contributed by atoms with E-state index in [2.05, 4.69) is 5.10 Å². The first-order chi connectivity index (χ1) is 12.3. The van der Waals surface area contributed by atoms with E-state index in [1.807, 2.05) is 25.7 Å². The van der Waals surface area contributed by atoms with E-state index in [0.717, 1.165) is 6.42 Å². The number of amides is 1. The molecule has 4 rings (SSSR count). The highest BCUT2D eigenvalue weighted by Crippen LogP contribution is 2.44. The van der Waals surface area contributed by atoms with Crippen LogP contribution in [0.4, 0.5) is 16.3 Å². The smallest absolute Gasteiger partial charge is 0.410 e. The zero-order chi connectivity index (χ0) is 18.6. The molecule has 1 saturated carbocycles. The Morgan fingerprint density at radius 2 is 2.08 bits per heavy atom. The molecule has 1 aromatic heterocycles. The van der Waals surface area contributed by atoms with Crippen molar-refractivity contribution >= 4 is 17.6 Å². The van der Waals surface area contributed by atoms with E-state index in [9.17, 15) is 14.9 Å². The number of piperazine rings is 1. The fraction of sp³-hybridized carbons (Fsp3) is 0.750. The molecule has 2 unspecified atom stereocenters. The van der Waals surface area contributed by atoms with Crippen molar-refractivity contribution in [2.45, 2.75) is 50.9 Å². The van der Waals surface area contributed by atoms with Crippen LogP contribution >= 0.6 is 0 Å². The molecule has 1 aromatic rings. The number of hydrogen-bond donors (Lipinski definition) is 0. The minimum absolute atomic E-state index is 0.00766. The molecule has 10 nitrogen and oxygen atoms in total. The lowest BCUT2D eigenvalue weighted by Crippen LogP contribution is -2.51. The second-order valence-electron chi connectivity index (χ2n) is 7.98. The molecule has 26 heavy (non-hydrogen) atoms. The predicted octanol–water partition coefficient (Wildman–Crippen LogP) is 1.56. The third-order valence-corrected chi connectivity index (χ3v) is 4.92. The number of carbonyl (C=O) groups excluding carboxylic acids is 1. The highest BCUT2D eigenvalue weighted by atomic mass is 16.6. The summed E-state index contributed by atoms with van der Waals surface area (Å²) in [5.74, 6) is 0.527. The van der Waals surface area contributed by atoms with Crippen LogP contribution in [0.3, 0.4) is 0 Å². The van der Waals surface area contributed by atoms with E-state index in [1.54, 1.807) is 9.58 Å². The summed E-state index contributed by atoms with van der Waals surface area (Å²) in [6.45, 7) is 7.53. The van der Waals surface area contributed by atoms with Crippen LogP contribution < -0.4 is 4.90 Å². The molecule has 0 bridgehead atoms. The van der Waals surface area contributed by atoms with Gasteiger partial charge in [-0.3, -0.25) is 10.1 Å². The van der Waals surface area contributed by atoms with Crippen LogP contribution in [0.5, 0.6) is 0 Å². The van der Waals surface area contributed by atoms with E-state index in [4.69, 9.17) is 9.47 Å². The molecule has 0 spiro atoms. The third kappa shape index (κ3) is 2.87. The summed E-state index contributed by atoms with van der Waals surface area (Å²) >= 11 is 0. The van der Waals surface area contributed by atoms with Gasteiger partial charge in [-0.2, -0.15) is 5.10 Å². The second kappa shape index (κ2) is 5.83. The molecule has 2 aliphatic heterocycles. The highest BCUT2D eigenvalue weighted by Gasteiger charge is 2.54. The SMILES string of the molecule is CC(C)(C)OC(=O)N1CCN(c2c([N+](=O)[O-])cnn2C2COC2)C2CC21. The first kappa shape index (κ1) is 17.1. The molecule has 1 aliphatic carbocycles. The number of aromatic nitrogens is 2. The van der Waals surface area contributed by atoms with Gasteiger partial charge in [-0.1, -0.05) is 0 Å². The van der Waals surface area contributed by atoms with E-state index in [-0.39, 0.29) is 29.9 Å². The summed E-state index contributed by atoms with van der Waals surface area (Å²) in [4.78, 5) is 27.2. The Bertz CT molecular complexity index is 738. The minimum atomic E-state index is -0.541. The van der Waals surface area contributed by atoms with Crippen molar-refractivity contribution in [2.75, 3.05) is 31.2 Å². The fourth-order valence-corrected chi connectivity index (χ4v) is 3.58. The Kier molecular flexibility index (Phi) is 3.83. The summed E-state index contributed by atoms with van der Waals surface area (Å²) in [6.07, 6.45) is 1.77. The largest absolute Gasteiger partial charge is 0.444 e. The Hall–Kier alpha value is -2.36. The summed E-state index contributed by atoms with van der Waals surface area (Å²) in [7, 11) is 0.